The number of amides is 1. The van der Waals surface area contributed by atoms with Gasteiger partial charge in [0.05, 0.1) is 17.6 Å². The molecule has 30 heavy (non-hydrogen) atoms. The fraction of sp³-hybridized carbons (Fsp3) is 0.136. The number of benzene rings is 3. The Balaban J connectivity index is 1.57. The molecule has 3 aromatic rings. The van der Waals surface area contributed by atoms with Crippen molar-refractivity contribution in [3.63, 3.8) is 0 Å². The lowest BCUT2D eigenvalue weighted by Gasteiger charge is -2.10. The number of hydrogen-bond acceptors (Lipinski definition) is 4. The van der Waals surface area contributed by atoms with Crippen molar-refractivity contribution in [2.24, 2.45) is 0 Å². The maximum atomic E-state index is 12.4. The first-order valence-electron chi connectivity index (χ1n) is 9.13. The van der Waals surface area contributed by atoms with E-state index in [1.807, 2.05) is 24.3 Å². The van der Waals surface area contributed by atoms with E-state index in [1.165, 1.54) is 19.2 Å². The summed E-state index contributed by atoms with van der Waals surface area (Å²) in [6, 6.07) is 20.4. The number of methoxy groups -OCH3 is 1. The van der Waals surface area contributed by atoms with Crippen LogP contribution in [-0.4, -0.2) is 21.4 Å². The zero-order valence-corrected chi connectivity index (χ0v) is 17.8. The van der Waals surface area contributed by atoms with Crippen LogP contribution in [0.15, 0.2) is 77.7 Å². The van der Waals surface area contributed by atoms with E-state index >= 15 is 0 Å². The molecular weight excluding hydrogens is 424 g/mol. The van der Waals surface area contributed by atoms with Crippen LogP contribution in [0, 0.1) is 0 Å². The Morgan fingerprint density at radius 3 is 2.27 bits per heavy atom. The SMILES string of the molecule is COc1ccccc1C(=O)NCc1ccc(CNS(=O)(=O)c2cccc(Cl)c2)cc1. The Morgan fingerprint density at radius 2 is 1.60 bits per heavy atom. The number of rotatable bonds is 8. The number of sulfonamides is 1. The predicted molar refractivity (Wildman–Crippen MR) is 116 cm³/mol. The summed E-state index contributed by atoms with van der Waals surface area (Å²) >= 11 is 5.86. The Hall–Kier alpha value is -2.87. The van der Waals surface area contributed by atoms with Crippen molar-refractivity contribution < 1.29 is 17.9 Å². The lowest BCUT2D eigenvalue weighted by atomic mass is 10.1. The van der Waals surface area contributed by atoms with Gasteiger partial charge in [-0.05, 0) is 41.5 Å². The molecule has 0 saturated heterocycles. The van der Waals surface area contributed by atoms with Gasteiger partial charge in [-0.2, -0.15) is 0 Å². The number of carbonyl (C=O) groups excluding carboxylic acids is 1. The maximum absolute atomic E-state index is 12.4. The van der Waals surface area contributed by atoms with Crippen LogP contribution in [0.25, 0.3) is 0 Å². The molecule has 8 heteroatoms. The molecule has 0 radical (unpaired) electrons. The number of carbonyl (C=O) groups is 1. The maximum Gasteiger partial charge on any atom is 0.255 e. The van der Waals surface area contributed by atoms with E-state index in [-0.39, 0.29) is 17.3 Å². The van der Waals surface area contributed by atoms with Gasteiger partial charge in [0, 0.05) is 18.1 Å². The molecule has 6 nitrogen and oxygen atoms in total. The molecule has 1 amide bonds. The first kappa shape index (κ1) is 21.8. The number of hydrogen-bond donors (Lipinski definition) is 2. The van der Waals surface area contributed by atoms with Crippen LogP contribution in [0.3, 0.4) is 0 Å². The molecule has 0 aliphatic carbocycles. The van der Waals surface area contributed by atoms with Gasteiger partial charge in [-0.15, -0.1) is 0 Å². The van der Waals surface area contributed by atoms with Crippen molar-refractivity contribution in [3.8, 4) is 5.75 Å². The van der Waals surface area contributed by atoms with E-state index < -0.39 is 10.0 Å². The van der Waals surface area contributed by atoms with Crippen LogP contribution in [0.2, 0.25) is 5.02 Å². The average Bonchev–Trinajstić information content (AvgIpc) is 2.76. The molecule has 0 bridgehead atoms. The van der Waals surface area contributed by atoms with E-state index in [4.69, 9.17) is 16.3 Å². The predicted octanol–water partition coefficient (Wildman–Crippen LogP) is 3.76. The second-order valence-corrected chi connectivity index (χ2v) is 8.68. The van der Waals surface area contributed by atoms with Crippen molar-refractivity contribution in [2.45, 2.75) is 18.0 Å². The lowest BCUT2D eigenvalue weighted by molar-refractivity contribution is 0.0948. The van der Waals surface area contributed by atoms with Gasteiger partial charge in [0.1, 0.15) is 5.75 Å². The summed E-state index contributed by atoms with van der Waals surface area (Å²) in [6.07, 6.45) is 0. The zero-order valence-electron chi connectivity index (χ0n) is 16.3. The third kappa shape index (κ3) is 5.60. The number of halogens is 1. The van der Waals surface area contributed by atoms with E-state index in [1.54, 1.807) is 36.4 Å². The van der Waals surface area contributed by atoms with Gasteiger partial charge < -0.3 is 10.1 Å². The summed E-state index contributed by atoms with van der Waals surface area (Å²) in [5.74, 6) is 0.281. The van der Waals surface area contributed by atoms with Gasteiger partial charge in [-0.25, -0.2) is 13.1 Å². The molecule has 0 heterocycles. The highest BCUT2D eigenvalue weighted by atomic mass is 35.5. The van der Waals surface area contributed by atoms with Gasteiger partial charge in [0.2, 0.25) is 10.0 Å². The Morgan fingerprint density at radius 1 is 0.933 bits per heavy atom. The highest BCUT2D eigenvalue weighted by Crippen LogP contribution is 2.18. The average molecular weight is 445 g/mol. The molecule has 0 fully saturated rings. The Labute approximate surface area is 180 Å². The first-order chi connectivity index (χ1) is 14.4. The molecular formula is C22H21ClN2O4S. The second kappa shape index (κ2) is 9.75. The number of nitrogens with one attached hydrogen (secondary N) is 2. The standard InChI is InChI=1S/C22H21ClN2O4S/c1-29-21-8-3-2-7-20(21)22(26)24-14-16-9-11-17(12-10-16)15-25-30(27,28)19-6-4-5-18(23)13-19/h2-13,25H,14-15H2,1H3,(H,24,26). The number of ether oxygens (including phenoxy) is 1. The quantitative estimate of drug-likeness (QED) is 0.554. The molecule has 0 aliphatic heterocycles. The van der Waals surface area contributed by atoms with Crippen molar-refractivity contribution in [2.75, 3.05) is 7.11 Å². The summed E-state index contributed by atoms with van der Waals surface area (Å²) in [5.41, 5.74) is 2.15. The zero-order chi connectivity index (χ0) is 21.6. The first-order valence-corrected chi connectivity index (χ1v) is 11.0. The van der Waals surface area contributed by atoms with Gasteiger partial charge >= 0.3 is 0 Å². The van der Waals surface area contributed by atoms with Crippen LogP contribution in [0.1, 0.15) is 21.5 Å². The van der Waals surface area contributed by atoms with Crippen LogP contribution in [0.4, 0.5) is 0 Å². The van der Waals surface area contributed by atoms with Crippen LogP contribution in [0.5, 0.6) is 5.75 Å². The Kier molecular flexibility index (Phi) is 7.10. The summed E-state index contributed by atoms with van der Waals surface area (Å²) in [7, 11) is -2.13. The molecule has 0 unspecified atom stereocenters. The van der Waals surface area contributed by atoms with Crippen molar-refractivity contribution in [1.82, 2.24) is 10.0 Å². The van der Waals surface area contributed by atoms with Crippen molar-refractivity contribution >= 4 is 27.5 Å². The fourth-order valence-electron chi connectivity index (χ4n) is 2.78. The van der Waals surface area contributed by atoms with Gasteiger partial charge in [0.15, 0.2) is 0 Å². The largest absolute Gasteiger partial charge is 0.496 e. The van der Waals surface area contributed by atoms with E-state index in [0.29, 0.717) is 22.9 Å². The smallest absolute Gasteiger partial charge is 0.255 e. The van der Waals surface area contributed by atoms with E-state index in [2.05, 4.69) is 10.0 Å². The van der Waals surface area contributed by atoms with Crippen molar-refractivity contribution in [3.05, 3.63) is 94.5 Å². The van der Waals surface area contributed by atoms with Gasteiger partial charge in [0.25, 0.3) is 5.91 Å². The molecule has 0 aromatic heterocycles. The highest BCUT2D eigenvalue weighted by Gasteiger charge is 2.14. The molecule has 3 rings (SSSR count). The lowest BCUT2D eigenvalue weighted by Crippen LogP contribution is -2.24. The molecule has 0 saturated carbocycles. The third-order valence-corrected chi connectivity index (χ3v) is 6.03. The minimum absolute atomic E-state index is 0.116. The van der Waals surface area contributed by atoms with Gasteiger partial charge in [-0.1, -0.05) is 54.1 Å². The molecule has 0 spiro atoms. The summed E-state index contributed by atoms with van der Waals surface area (Å²) in [4.78, 5) is 12.5. The minimum Gasteiger partial charge on any atom is -0.496 e. The molecule has 3 aromatic carbocycles. The van der Waals surface area contributed by atoms with Crippen molar-refractivity contribution in [1.29, 1.82) is 0 Å². The van der Waals surface area contributed by atoms with Crippen LogP contribution >= 0.6 is 11.6 Å². The second-order valence-electron chi connectivity index (χ2n) is 6.48. The molecule has 0 aliphatic rings. The topological polar surface area (TPSA) is 84.5 Å². The van der Waals surface area contributed by atoms with Crippen LogP contribution < -0.4 is 14.8 Å². The monoisotopic (exact) mass is 444 g/mol. The minimum atomic E-state index is -3.65. The highest BCUT2D eigenvalue weighted by molar-refractivity contribution is 7.89. The van der Waals surface area contributed by atoms with E-state index in [0.717, 1.165) is 11.1 Å². The summed E-state index contributed by atoms with van der Waals surface area (Å²) in [6.45, 7) is 0.480. The molecule has 156 valence electrons. The summed E-state index contributed by atoms with van der Waals surface area (Å²) in [5, 5.41) is 3.21. The van der Waals surface area contributed by atoms with Crippen LogP contribution in [-0.2, 0) is 23.1 Å². The van der Waals surface area contributed by atoms with Gasteiger partial charge in [-0.3, -0.25) is 4.79 Å². The molecule has 0 atom stereocenters. The third-order valence-electron chi connectivity index (χ3n) is 4.40. The molecule has 2 N–H and O–H groups in total. The Bertz CT molecular complexity index is 1130. The fourth-order valence-corrected chi connectivity index (χ4v) is 4.10. The summed E-state index contributed by atoms with van der Waals surface area (Å²) < 4.78 is 32.5. The number of para-hydroxylation sites is 1. The normalized spacial score (nSPS) is 11.1. The van der Waals surface area contributed by atoms with E-state index in [9.17, 15) is 13.2 Å².